The van der Waals surface area contributed by atoms with Crippen LogP contribution in [0.25, 0.3) is 11.1 Å². The zero-order valence-electron chi connectivity index (χ0n) is 18.3. The molecule has 2 aromatic carbocycles. The molecule has 3 heterocycles. The van der Waals surface area contributed by atoms with Gasteiger partial charge >= 0.3 is 0 Å². The van der Waals surface area contributed by atoms with Crippen LogP contribution in [0.5, 0.6) is 5.75 Å². The lowest BCUT2D eigenvalue weighted by molar-refractivity contribution is -0.122. The first-order valence-corrected chi connectivity index (χ1v) is 10.7. The van der Waals surface area contributed by atoms with E-state index in [9.17, 15) is 9.18 Å². The van der Waals surface area contributed by atoms with E-state index in [4.69, 9.17) is 4.74 Å². The Balaban J connectivity index is 1.70. The van der Waals surface area contributed by atoms with E-state index in [1.807, 2.05) is 30.0 Å². The van der Waals surface area contributed by atoms with Crippen molar-refractivity contribution in [1.82, 2.24) is 10.3 Å². The van der Waals surface area contributed by atoms with Crippen molar-refractivity contribution in [2.75, 3.05) is 31.6 Å². The Morgan fingerprint density at radius 2 is 2.00 bits per heavy atom. The van der Waals surface area contributed by atoms with Crippen LogP contribution >= 0.6 is 0 Å². The summed E-state index contributed by atoms with van der Waals surface area (Å²) in [5.74, 6) is 1.09. The molecule has 2 aromatic rings. The highest BCUT2D eigenvalue weighted by Crippen LogP contribution is 2.49. The number of likely N-dealkylation sites (tertiary alicyclic amines) is 1. The third kappa shape index (κ3) is 3.10. The summed E-state index contributed by atoms with van der Waals surface area (Å²) in [6.07, 6.45) is 0. The van der Waals surface area contributed by atoms with Crippen molar-refractivity contribution in [2.45, 2.75) is 32.7 Å². The summed E-state index contributed by atoms with van der Waals surface area (Å²) in [4.78, 5) is 16.5. The van der Waals surface area contributed by atoms with Crippen LogP contribution in [0.15, 0.2) is 41.5 Å². The van der Waals surface area contributed by atoms with E-state index in [0.717, 1.165) is 29.9 Å². The van der Waals surface area contributed by atoms with Gasteiger partial charge in [-0.25, -0.2) is 9.82 Å². The van der Waals surface area contributed by atoms with Crippen molar-refractivity contribution in [3.05, 3.63) is 47.8 Å². The molecular weight excluding hydrogens is 395 g/mol. The first kappa shape index (κ1) is 20.0. The molecule has 1 amide bonds. The van der Waals surface area contributed by atoms with Gasteiger partial charge in [0.25, 0.3) is 5.91 Å². The molecular formula is C24H27FN4O2. The van der Waals surface area contributed by atoms with Crippen LogP contribution in [-0.4, -0.2) is 49.4 Å². The van der Waals surface area contributed by atoms with Crippen LogP contribution < -0.4 is 15.1 Å². The highest BCUT2D eigenvalue weighted by Gasteiger charge is 2.43. The number of nitrogens with one attached hydrogen (secondary N) is 1. The molecule has 1 N–H and O–H groups in total. The molecule has 0 spiro atoms. The lowest BCUT2D eigenvalue weighted by Crippen LogP contribution is -2.56. The van der Waals surface area contributed by atoms with Gasteiger partial charge in [-0.3, -0.25) is 4.79 Å². The summed E-state index contributed by atoms with van der Waals surface area (Å²) in [6.45, 7) is 8.56. The zero-order valence-corrected chi connectivity index (χ0v) is 18.3. The molecule has 0 aromatic heterocycles. The highest BCUT2D eigenvalue weighted by molar-refractivity contribution is 6.09. The molecule has 0 unspecified atom stereocenters. The third-order valence-electron chi connectivity index (χ3n) is 7.03. The monoisotopic (exact) mass is 422 g/mol. The van der Waals surface area contributed by atoms with Gasteiger partial charge in [0.1, 0.15) is 24.2 Å². The summed E-state index contributed by atoms with van der Waals surface area (Å²) in [5, 5.41) is 4.19. The standard InChI is InChI=1S/C24H27FN4O2/c1-14(24(3)12-28(4)13-24)17-9-20-21(10-18(17)16-7-5-6-8-19(16)25)31-11-22-26-27-23(30)15(2)29(20)22/h5-10,14-15H,11-13H2,1-4H3,(H,27,30)/t14-,15-/m1/s1. The van der Waals surface area contributed by atoms with Crippen molar-refractivity contribution in [3.8, 4) is 16.9 Å². The van der Waals surface area contributed by atoms with Crippen LogP contribution in [-0.2, 0) is 4.79 Å². The van der Waals surface area contributed by atoms with E-state index in [0.29, 0.717) is 17.1 Å². The second-order valence-corrected chi connectivity index (χ2v) is 9.27. The molecule has 3 aliphatic rings. The lowest BCUT2D eigenvalue weighted by Gasteiger charge is -2.51. The van der Waals surface area contributed by atoms with Gasteiger partial charge in [-0.2, -0.15) is 5.10 Å². The lowest BCUT2D eigenvalue weighted by atomic mass is 9.68. The van der Waals surface area contributed by atoms with Gasteiger partial charge in [-0.05, 0) is 54.6 Å². The number of amides is 1. The summed E-state index contributed by atoms with van der Waals surface area (Å²) >= 11 is 0. The van der Waals surface area contributed by atoms with E-state index < -0.39 is 6.04 Å². The molecule has 1 fully saturated rings. The Morgan fingerprint density at radius 1 is 1.26 bits per heavy atom. The van der Waals surface area contributed by atoms with Gasteiger partial charge in [-0.1, -0.05) is 32.0 Å². The number of rotatable bonds is 3. The number of hydrazone groups is 1. The van der Waals surface area contributed by atoms with Gasteiger partial charge in [0, 0.05) is 18.7 Å². The van der Waals surface area contributed by atoms with Gasteiger partial charge < -0.3 is 14.5 Å². The Kier molecular flexibility index (Phi) is 4.55. The molecule has 0 aliphatic carbocycles. The predicted octanol–water partition coefficient (Wildman–Crippen LogP) is 3.58. The van der Waals surface area contributed by atoms with Crippen LogP contribution in [0, 0.1) is 11.2 Å². The molecule has 0 bridgehead atoms. The quantitative estimate of drug-likeness (QED) is 0.822. The number of anilines is 1. The molecule has 0 radical (unpaired) electrons. The molecule has 6 nitrogen and oxygen atoms in total. The minimum absolute atomic E-state index is 0.0837. The number of benzene rings is 2. The molecule has 2 atom stereocenters. The maximum atomic E-state index is 14.9. The highest BCUT2D eigenvalue weighted by atomic mass is 19.1. The van der Waals surface area contributed by atoms with Gasteiger partial charge in [-0.15, -0.1) is 0 Å². The van der Waals surface area contributed by atoms with Gasteiger partial charge in [0.05, 0.1) is 5.69 Å². The first-order chi connectivity index (χ1) is 14.8. The fourth-order valence-corrected chi connectivity index (χ4v) is 5.20. The first-order valence-electron chi connectivity index (χ1n) is 10.7. The summed E-state index contributed by atoms with van der Waals surface area (Å²) in [6, 6.07) is 10.5. The van der Waals surface area contributed by atoms with Crippen molar-refractivity contribution in [3.63, 3.8) is 0 Å². The Labute approximate surface area is 181 Å². The van der Waals surface area contributed by atoms with E-state index in [-0.39, 0.29) is 29.7 Å². The van der Waals surface area contributed by atoms with Crippen LogP contribution in [0.3, 0.4) is 0 Å². The summed E-state index contributed by atoms with van der Waals surface area (Å²) in [7, 11) is 2.11. The molecule has 162 valence electrons. The summed E-state index contributed by atoms with van der Waals surface area (Å²) in [5.41, 5.74) is 5.92. The minimum Gasteiger partial charge on any atom is -0.483 e. The molecule has 5 rings (SSSR count). The van der Waals surface area contributed by atoms with Crippen molar-refractivity contribution in [1.29, 1.82) is 0 Å². The number of nitrogens with zero attached hydrogens (tertiary/aromatic N) is 3. The van der Waals surface area contributed by atoms with Crippen LogP contribution in [0.1, 0.15) is 32.3 Å². The van der Waals surface area contributed by atoms with E-state index in [1.165, 1.54) is 6.07 Å². The Bertz CT molecular complexity index is 1090. The van der Waals surface area contributed by atoms with E-state index >= 15 is 0 Å². The fourth-order valence-electron chi connectivity index (χ4n) is 5.20. The van der Waals surface area contributed by atoms with Crippen LogP contribution in [0.2, 0.25) is 0 Å². The van der Waals surface area contributed by atoms with Gasteiger partial charge in [0.2, 0.25) is 0 Å². The number of carbonyl (C=O) groups excluding carboxylic acids is 1. The van der Waals surface area contributed by atoms with Crippen molar-refractivity contribution >= 4 is 17.4 Å². The molecule has 7 heteroatoms. The van der Waals surface area contributed by atoms with E-state index in [2.05, 4.69) is 42.4 Å². The average molecular weight is 423 g/mol. The SMILES string of the molecule is C[C@@H]1C(=O)NN=C2COc3cc(-c4ccccc4F)c([C@@H](C)C4(C)CN(C)C4)cc3N21. The molecule has 3 aliphatic heterocycles. The second kappa shape index (κ2) is 7.05. The number of halogens is 1. The topological polar surface area (TPSA) is 57.2 Å². The number of hydrogen-bond donors (Lipinski definition) is 1. The molecule has 0 saturated carbocycles. The number of hydrogen-bond acceptors (Lipinski definition) is 5. The molecule has 31 heavy (non-hydrogen) atoms. The minimum atomic E-state index is -0.400. The van der Waals surface area contributed by atoms with E-state index in [1.54, 1.807) is 6.07 Å². The molecule has 1 saturated heterocycles. The number of fused-ring (bicyclic) bond motifs is 3. The Hall–Kier alpha value is -2.93. The number of amidine groups is 1. The maximum absolute atomic E-state index is 14.9. The number of carbonyl (C=O) groups is 1. The van der Waals surface area contributed by atoms with Crippen molar-refractivity contribution < 1.29 is 13.9 Å². The number of ether oxygens (including phenoxy) is 1. The smallest absolute Gasteiger partial charge is 0.262 e. The largest absolute Gasteiger partial charge is 0.483 e. The fraction of sp³-hybridized carbons (Fsp3) is 0.417. The maximum Gasteiger partial charge on any atom is 0.262 e. The van der Waals surface area contributed by atoms with Crippen molar-refractivity contribution in [2.24, 2.45) is 10.5 Å². The predicted molar refractivity (Wildman–Crippen MR) is 119 cm³/mol. The Morgan fingerprint density at radius 3 is 2.71 bits per heavy atom. The third-order valence-corrected chi connectivity index (χ3v) is 7.03. The van der Waals surface area contributed by atoms with Crippen LogP contribution in [0.4, 0.5) is 10.1 Å². The zero-order chi connectivity index (χ0) is 21.9. The van der Waals surface area contributed by atoms with Gasteiger partial charge in [0.15, 0.2) is 5.84 Å². The summed E-state index contributed by atoms with van der Waals surface area (Å²) < 4.78 is 20.9. The normalized spacial score (nSPS) is 23.0. The average Bonchev–Trinajstić information content (AvgIpc) is 2.74. The second-order valence-electron chi connectivity index (χ2n) is 9.27.